The summed E-state index contributed by atoms with van der Waals surface area (Å²) in [7, 11) is 2.23. The highest BCUT2D eigenvalue weighted by molar-refractivity contribution is 6.21. The second-order valence-corrected chi connectivity index (χ2v) is 6.57. The van der Waals surface area contributed by atoms with Crippen LogP contribution in [0.5, 0.6) is 0 Å². The summed E-state index contributed by atoms with van der Waals surface area (Å²) in [6.07, 6.45) is 6.85. The fraction of sp³-hybridized carbons (Fsp3) is 0.647. The second kappa shape index (κ2) is 6.76. The molecular weight excluding hydrogens is 254 g/mol. The van der Waals surface area contributed by atoms with Crippen LogP contribution in [0.4, 0.5) is 0 Å². The van der Waals surface area contributed by atoms with Gasteiger partial charge in [-0.25, -0.2) is 0 Å². The third kappa shape index (κ3) is 3.97. The third-order valence-electron chi connectivity index (χ3n) is 4.54. The Balaban J connectivity index is 1.95. The van der Waals surface area contributed by atoms with E-state index in [1.54, 1.807) is 0 Å². The summed E-state index contributed by atoms with van der Waals surface area (Å²) >= 11 is 6.60. The number of hydrogen-bond donors (Lipinski definition) is 0. The van der Waals surface area contributed by atoms with E-state index in [-0.39, 0.29) is 5.38 Å². The van der Waals surface area contributed by atoms with Crippen molar-refractivity contribution in [1.82, 2.24) is 4.90 Å². The molecule has 2 rings (SSSR count). The number of halogens is 1. The molecule has 0 N–H and O–H groups in total. The molecule has 1 aromatic rings. The number of nitrogens with zero attached hydrogens (tertiary/aromatic N) is 1. The molecule has 0 aromatic heterocycles. The zero-order valence-electron chi connectivity index (χ0n) is 12.5. The standard InChI is InChI=1S/C17H26ClN/c1-13-9-10-15(11-14(13)2)17(18)12-19(3)16-7-5-4-6-8-16/h9-11,16-17H,4-8,12H2,1-3H3. The Hall–Kier alpha value is -0.530. The molecular formula is C17H26ClN. The molecule has 1 aliphatic carbocycles. The maximum absolute atomic E-state index is 6.60. The number of rotatable bonds is 4. The minimum absolute atomic E-state index is 0.103. The fourth-order valence-corrected chi connectivity index (χ4v) is 3.34. The van der Waals surface area contributed by atoms with Crippen molar-refractivity contribution < 1.29 is 0 Å². The predicted octanol–water partition coefficient (Wildman–Crippen LogP) is 4.85. The van der Waals surface area contributed by atoms with Crippen molar-refractivity contribution in [2.24, 2.45) is 0 Å². The van der Waals surface area contributed by atoms with Gasteiger partial charge in [0.15, 0.2) is 0 Å². The molecule has 0 amide bonds. The van der Waals surface area contributed by atoms with Crippen molar-refractivity contribution in [2.45, 2.75) is 57.4 Å². The molecule has 0 heterocycles. The lowest BCUT2D eigenvalue weighted by atomic mass is 9.94. The van der Waals surface area contributed by atoms with Crippen LogP contribution in [-0.4, -0.2) is 24.5 Å². The number of benzene rings is 1. The van der Waals surface area contributed by atoms with Crippen LogP contribution in [0.15, 0.2) is 18.2 Å². The van der Waals surface area contributed by atoms with Gasteiger partial charge in [-0.2, -0.15) is 0 Å². The van der Waals surface area contributed by atoms with E-state index in [9.17, 15) is 0 Å². The first-order chi connectivity index (χ1) is 9.08. The summed E-state index contributed by atoms with van der Waals surface area (Å²) in [5, 5.41) is 0.103. The van der Waals surface area contributed by atoms with Crippen LogP contribution in [-0.2, 0) is 0 Å². The monoisotopic (exact) mass is 279 g/mol. The molecule has 0 bridgehead atoms. The SMILES string of the molecule is Cc1ccc(C(Cl)CN(C)C2CCCCC2)cc1C. The van der Waals surface area contributed by atoms with Gasteiger partial charge in [-0.05, 0) is 50.4 Å². The lowest BCUT2D eigenvalue weighted by Crippen LogP contribution is -2.35. The fourth-order valence-electron chi connectivity index (χ4n) is 2.99. The topological polar surface area (TPSA) is 3.24 Å². The maximum Gasteiger partial charge on any atom is 0.0712 e. The average Bonchev–Trinajstić information content (AvgIpc) is 2.42. The summed E-state index contributed by atoms with van der Waals surface area (Å²) in [5.74, 6) is 0. The van der Waals surface area contributed by atoms with Crippen molar-refractivity contribution in [3.05, 3.63) is 34.9 Å². The summed E-state index contributed by atoms with van der Waals surface area (Å²) in [5.41, 5.74) is 3.93. The Morgan fingerprint density at radius 3 is 2.47 bits per heavy atom. The first-order valence-corrected chi connectivity index (χ1v) is 7.93. The number of alkyl halides is 1. The first kappa shape index (κ1) is 14.9. The molecule has 1 saturated carbocycles. The summed E-state index contributed by atoms with van der Waals surface area (Å²) in [6.45, 7) is 5.26. The van der Waals surface area contributed by atoms with Gasteiger partial charge in [0.1, 0.15) is 0 Å². The lowest BCUT2D eigenvalue weighted by Gasteiger charge is -2.32. The van der Waals surface area contributed by atoms with Gasteiger partial charge in [-0.1, -0.05) is 37.5 Å². The van der Waals surface area contributed by atoms with Gasteiger partial charge in [-0.15, -0.1) is 11.6 Å². The molecule has 0 aliphatic heterocycles. The zero-order valence-corrected chi connectivity index (χ0v) is 13.2. The van der Waals surface area contributed by atoms with E-state index in [1.165, 1.54) is 48.8 Å². The van der Waals surface area contributed by atoms with Crippen LogP contribution in [0.3, 0.4) is 0 Å². The van der Waals surface area contributed by atoms with Crippen molar-refractivity contribution in [1.29, 1.82) is 0 Å². The van der Waals surface area contributed by atoms with Crippen molar-refractivity contribution in [3.8, 4) is 0 Å². The number of aryl methyl sites for hydroxylation is 2. The van der Waals surface area contributed by atoms with Crippen molar-refractivity contribution in [2.75, 3.05) is 13.6 Å². The zero-order chi connectivity index (χ0) is 13.8. The molecule has 1 fully saturated rings. The first-order valence-electron chi connectivity index (χ1n) is 7.49. The molecule has 2 heteroatoms. The summed E-state index contributed by atoms with van der Waals surface area (Å²) in [6, 6.07) is 7.33. The van der Waals surface area contributed by atoms with Crippen LogP contribution in [0.1, 0.15) is 54.2 Å². The van der Waals surface area contributed by atoms with Gasteiger partial charge < -0.3 is 4.90 Å². The minimum Gasteiger partial charge on any atom is -0.302 e. The largest absolute Gasteiger partial charge is 0.302 e. The summed E-state index contributed by atoms with van der Waals surface area (Å²) in [4.78, 5) is 2.46. The molecule has 1 unspecified atom stereocenters. The van der Waals surface area contributed by atoms with E-state index in [0.717, 1.165) is 12.6 Å². The molecule has 106 valence electrons. The lowest BCUT2D eigenvalue weighted by molar-refractivity contribution is 0.192. The van der Waals surface area contributed by atoms with Crippen molar-refractivity contribution in [3.63, 3.8) is 0 Å². The Kier molecular flexibility index (Phi) is 5.29. The Labute approximate surface area is 123 Å². The molecule has 0 spiro atoms. The van der Waals surface area contributed by atoms with Gasteiger partial charge >= 0.3 is 0 Å². The molecule has 0 saturated heterocycles. The average molecular weight is 280 g/mol. The molecule has 19 heavy (non-hydrogen) atoms. The van der Waals surface area contributed by atoms with Crippen LogP contribution in [0, 0.1) is 13.8 Å². The Morgan fingerprint density at radius 1 is 1.16 bits per heavy atom. The molecule has 1 nitrogen and oxygen atoms in total. The molecule has 1 atom stereocenters. The van der Waals surface area contributed by atoms with Crippen LogP contribution >= 0.6 is 11.6 Å². The van der Waals surface area contributed by atoms with Gasteiger partial charge in [0.05, 0.1) is 5.38 Å². The van der Waals surface area contributed by atoms with Gasteiger partial charge in [-0.3, -0.25) is 0 Å². The van der Waals surface area contributed by atoms with Crippen LogP contribution in [0.2, 0.25) is 0 Å². The van der Waals surface area contributed by atoms with E-state index in [1.807, 2.05) is 0 Å². The van der Waals surface area contributed by atoms with Gasteiger partial charge in [0.2, 0.25) is 0 Å². The van der Waals surface area contributed by atoms with E-state index in [2.05, 4.69) is 44.0 Å². The third-order valence-corrected chi connectivity index (χ3v) is 4.93. The van der Waals surface area contributed by atoms with E-state index in [4.69, 9.17) is 11.6 Å². The second-order valence-electron chi connectivity index (χ2n) is 6.04. The normalized spacial score (nSPS) is 18.8. The van der Waals surface area contributed by atoms with E-state index in [0.29, 0.717) is 0 Å². The molecule has 0 radical (unpaired) electrons. The van der Waals surface area contributed by atoms with Crippen molar-refractivity contribution >= 4 is 11.6 Å². The minimum atomic E-state index is 0.103. The Morgan fingerprint density at radius 2 is 1.84 bits per heavy atom. The smallest absolute Gasteiger partial charge is 0.0712 e. The van der Waals surface area contributed by atoms with Crippen LogP contribution < -0.4 is 0 Å². The molecule has 1 aliphatic rings. The highest BCUT2D eigenvalue weighted by Gasteiger charge is 2.20. The van der Waals surface area contributed by atoms with Gasteiger partial charge in [0, 0.05) is 12.6 Å². The quantitative estimate of drug-likeness (QED) is 0.712. The van der Waals surface area contributed by atoms with E-state index >= 15 is 0 Å². The van der Waals surface area contributed by atoms with E-state index < -0.39 is 0 Å². The highest BCUT2D eigenvalue weighted by Crippen LogP contribution is 2.27. The maximum atomic E-state index is 6.60. The van der Waals surface area contributed by atoms with Gasteiger partial charge in [0.25, 0.3) is 0 Å². The summed E-state index contributed by atoms with van der Waals surface area (Å²) < 4.78 is 0. The highest BCUT2D eigenvalue weighted by atomic mass is 35.5. The molecule has 1 aromatic carbocycles. The number of likely N-dealkylation sites (N-methyl/N-ethyl adjacent to an activating group) is 1. The number of hydrogen-bond acceptors (Lipinski definition) is 1. The predicted molar refractivity (Wildman–Crippen MR) is 84.0 cm³/mol. The van der Waals surface area contributed by atoms with Crippen LogP contribution in [0.25, 0.3) is 0 Å². The Bertz CT molecular complexity index is 410.